The molecule has 0 spiro atoms. The second-order valence-electron chi connectivity index (χ2n) is 6.22. The maximum atomic E-state index is 12.6. The van der Waals surface area contributed by atoms with Crippen LogP contribution in [0.2, 0.25) is 0 Å². The van der Waals surface area contributed by atoms with Crippen molar-refractivity contribution in [2.45, 2.75) is 31.7 Å². The average molecular weight is 339 g/mol. The average Bonchev–Trinajstić information content (AvgIpc) is 3.09. The Morgan fingerprint density at radius 1 is 1.21 bits per heavy atom. The third kappa shape index (κ3) is 3.96. The highest BCUT2D eigenvalue weighted by Gasteiger charge is 2.44. The molecule has 130 valence electrons. The van der Waals surface area contributed by atoms with Crippen molar-refractivity contribution in [3.8, 4) is 5.69 Å². The zero-order valence-corrected chi connectivity index (χ0v) is 13.2. The van der Waals surface area contributed by atoms with Crippen LogP contribution in [0.1, 0.15) is 18.4 Å². The minimum atomic E-state index is -4.52. The minimum absolute atomic E-state index is 0.361. The van der Waals surface area contributed by atoms with Crippen molar-refractivity contribution in [3.63, 3.8) is 0 Å². The Hall–Kier alpha value is -1.86. The Kier molecular flexibility index (Phi) is 4.91. The lowest BCUT2D eigenvalue weighted by atomic mass is 9.90. The van der Waals surface area contributed by atoms with Gasteiger partial charge in [-0.25, -0.2) is 4.68 Å². The fourth-order valence-electron chi connectivity index (χ4n) is 3.17. The van der Waals surface area contributed by atoms with Crippen molar-refractivity contribution in [3.05, 3.63) is 48.3 Å². The Labute approximate surface area is 138 Å². The van der Waals surface area contributed by atoms with Crippen molar-refractivity contribution in [2.24, 2.45) is 5.92 Å². The van der Waals surface area contributed by atoms with E-state index in [4.69, 9.17) is 0 Å². The highest BCUT2D eigenvalue weighted by molar-refractivity contribution is 5.35. The number of halogens is 3. The zero-order valence-electron chi connectivity index (χ0n) is 13.2. The molecule has 0 saturated carbocycles. The molecule has 3 rings (SSSR count). The first kappa shape index (κ1) is 17.0. The van der Waals surface area contributed by atoms with Crippen LogP contribution in [0.5, 0.6) is 0 Å². The maximum Gasteiger partial charge on any atom is 0.414 e. The predicted molar refractivity (Wildman–Crippen MR) is 83.6 cm³/mol. The van der Waals surface area contributed by atoms with Crippen molar-refractivity contribution in [2.75, 3.05) is 13.1 Å². The molecule has 1 aromatic carbocycles. The standard InChI is InChI=1S/C17H20F3N3O/c18-17(19,20)16(24)14-5-9-22(10-6-14)12-13-3-1-4-15(11-13)23-8-2-7-21-23/h1-4,7-8,11,14,16,24H,5-6,9-10,12H2. The summed E-state index contributed by atoms with van der Waals surface area (Å²) in [5, 5.41) is 13.6. The molecule has 1 N–H and O–H groups in total. The van der Waals surface area contributed by atoms with Gasteiger partial charge >= 0.3 is 6.18 Å². The number of alkyl halides is 3. The van der Waals surface area contributed by atoms with Gasteiger partial charge in [0.2, 0.25) is 0 Å². The fourth-order valence-corrected chi connectivity index (χ4v) is 3.17. The number of aliphatic hydroxyl groups is 1. The largest absolute Gasteiger partial charge is 0.414 e. The number of piperidine rings is 1. The molecule has 1 aliphatic rings. The van der Waals surface area contributed by atoms with E-state index in [0.29, 0.717) is 32.5 Å². The number of aromatic nitrogens is 2. The van der Waals surface area contributed by atoms with Gasteiger partial charge in [0.05, 0.1) is 5.69 Å². The summed E-state index contributed by atoms with van der Waals surface area (Å²) in [5.74, 6) is -0.698. The monoisotopic (exact) mass is 339 g/mol. The van der Waals surface area contributed by atoms with E-state index < -0.39 is 18.2 Å². The maximum absolute atomic E-state index is 12.6. The highest BCUT2D eigenvalue weighted by atomic mass is 19.4. The summed E-state index contributed by atoms with van der Waals surface area (Å²) in [5.41, 5.74) is 2.05. The van der Waals surface area contributed by atoms with Crippen LogP contribution >= 0.6 is 0 Å². The third-order valence-electron chi connectivity index (χ3n) is 4.50. The Balaban J connectivity index is 1.58. The van der Waals surface area contributed by atoms with Gasteiger partial charge in [-0.15, -0.1) is 0 Å². The lowest BCUT2D eigenvalue weighted by molar-refractivity contribution is -0.223. The van der Waals surface area contributed by atoms with Crippen molar-refractivity contribution in [1.29, 1.82) is 0 Å². The van der Waals surface area contributed by atoms with Crippen LogP contribution < -0.4 is 0 Å². The predicted octanol–water partition coefficient (Wildman–Crippen LogP) is 3.01. The van der Waals surface area contributed by atoms with Crippen molar-refractivity contribution >= 4 is 0 Å². The second-order valence-corrected chi connectivity index (χ2v) is 6.22. The van der Waals surface area contributed by atoms with Crippen LogP contribution in [0.4, 0.5) is 13.2 Å². The van der Waals surface area contributed by atoms with E-state index in [1.54, 1.807) is 10.9 Å². The van der Waals surface area contributed by atoms with Gasteiger partial charge in [0.1, 0.15) is 0 Å². The second kappa shape index (κ2) is 6.94. The van der Waals surface area contributed by atoms with Gasteiger partial charge in [0, 0.05) is 18.9 Å². The molecule has 1 aliphatic heterocycles. The number of likely N-dealkylation sites (tertiary alicyclic amines) is 1. The first-order valence-corrected chi connectivity index (χ1v) is 7.99. The lowest BCUT2D eigenvalue weighted by Gasteiger charge is -2.34. The molecule has 1 fully saturated rings. The van der Waals surface area contributed by atoms with Crippen LogP contribution in [0.25, 0.3) is 5.69 Å². The van der Waals surface area contributed by atoms with Crippen LogP contribution in [-0.2, 0) is 6.54 Å². The number of hydrogen-bond acceptors (Lipinski definition) is 3. The fraction of sp³-hybridized carbons (Fsp3) is 0.471. The number of aliphatic hydroxyl groups excluding tert-OH is 1. The van der Waals surface area contributed by atoms with Gasteiger partial charge < -0.3 is 5.11 Å². The zero-order chi connectivity index (χ0) is 17.2. The topological polar surface area (TPSA) is 41.3 Å². The number of rotatable bonds is 4. The molecule has 0 aliphatic carbocycles. The lowest BCUT2D eigenvalue weighted by Crippen LogP contribution is -2.43. The van der Waals surface area contributed by atoms with E-state index in [2.05, 4.69) is 10.00 Å². The molecule has 7 heteroatoms. The first-order chi connectivity index (χ1) is 11.4. The third-order valence-corrected chi connectivity index (χ3v) is 4.50. The molecule has 4 nitrogen and oxygen atoms in total. The Morgan fingerprint density at radius 2 is 1.96 bits per heavy atom. The first-order valence-electron chi connectivity index (χ1n) is 7.99. The molecule has 0 bridgehead atoms. The molecule has 1 unspecified atom stereocenters. The molecule has 1 aromatic heterocycles. The van der Waals surface area contributed by atoms with E-state index in [0.717, 1.165) is 11.3 Å². The van der Waals surface area contributed by atoms with Gasteiger partial charge in [0.15, 0.2) is 6.10 Å². The molecular weight excluding hydrogens is 319 g/mol. The van der Waals surface area contributed by atoms with Gasteiger partial charge in [-0.3, -0.25) is 4.90 Å². The summed E-state index contributed by atoms with van der Waals surface area (Å²) in [6, 6.07) is 9.80. The Morgan fingerprint density at radius 3 is 2.58 bits per heavy atom. The molecule has 0 radical (unpaired) electrons. The van der Waals surface area contributed by atoms with E-state index >= 15 is 0 Å². The van der Waals surface area contributed by atoms with Crippen LogP contribution in [0.15, 0.2) is 42.7 Å². The van der Waals surface area contributed by atoms with E-state index in [1.165, 1.54) is 0 Å². The molecule has 1 saturated heterocycles. The number of hydrogen-bond donors (Lipinski definition) is 1. The number of benzene rings is 1. The summed E-state index contributed by atoms with van der Waals surface area (Å²) in [7, 11) is 0. The van der Waals surface area contributed by atoms with E-state index in [1.807, 2.05) is 36.5 Å². The highest BCUT2D eigenvalue weighted by Crippen LogP contribution is 2.31. The molecule has 1 atom stereocenters. The van der Waals surface area contributed by atoms with Gasteiger partial charge in [-0.1, -0.05) is 12.1 Å². The molecule has 24 heavy (non-hydrogen) atoms. The quantitative estimate of drug-likeness (QED) is 0.931. The SMILES string of the molecule is OC(C1CCN(Cc2cccc(-n3cccn3)c2)CC1)C(F)(F)F. The molecule has 2 heterocycles. The number of nitrogens with zero attached hydrogens (tertiary/aromatic N) is 3. The van der Waals surface area contributed by atoms with Crippen LogP contribution in [-0.4, -0.2) is 45.2 Å². The van der Waals surface area contributed by atoms with Gasteiger partial charge in [-0.05, 0) is 55.6 Å². The van der Waals surface area contributed by atoms with E-state index in [-0.39, 0.29) is 0 Å². The van der Waals surface area contributed by atoms with Crippen LogP contribution in [0, 0.1) is 5.92 Å². The summed E-state index contributed by atoms with van der Waals surface area (Å²) in [6.07, 6.45) is -2.43. The van der Waals surface area contributed by atoms with Gasteiger partial charge in [0.25, 0.3) is 0 Å². The van der Waals surface area contributed by atoms with Crippen LogP contribution in [0.3, 0.4) is 0 Å². The Bertz CT molecular complexity index is 649. The van der Waals surface area contributed by atoms with E-state index in [9.17, 15) is 18.3 Å². The summed E-state index contributed by atoms with van der Waals surface area (Å²) in [6.45, 7) is 1.80. The van der Waals surface area contributed by atoms with Crippen molar-refractivity contribution < 1.29 is 18.3 Å². The molecule has 0 amide bonds. The molecule has 2 aromatic rings. The summed E-state index contributed by atoms with van der Waals surface area (Å²) in [4.78, 5) is 2.13. The van der Waals surface area contributed by atoms with Gasteiger partial charge in [-0.2, -0.15) is 18.3 Å². The normalized spacial score (nSPS) is 18.7. The summed E-state index contributed by atoms with van der Waals surface area (Å²) < 4.78 is 39.5. The molecular formula is C17H20F3N3O. The smallest absolute Gasteiger partial charge is 0.383 e. The van der Waals surface area contributed by atoms with Crippen molar-refractivity contribution in [1.82, 2.24) is 14.7 Å². The summed E-state index contributed by atoms with van der Waals surface area (Å²) >= 11 is 0. The minimum Gasteiger partial charge on any atom is -0.383 e.